The van der Waals surface area contributed by atoms with Gasteiger partial charge in [0.05, 0.1) is 24.3 Å². The number of nitrogens with zero attached hydrogens (tertiary/aromatic N) is 4. The Hall–Kier alpha value is -3.48. The average molecular weight is 375 g/mol. The van der Waals surface area contributed by atoms with Crippen LogP contribution in [0.25, 0.3) is 5.82 Å². The molecule has 1 aliphatic heterocycles. The molecular formula is C21H21N5O2. The highest BCUT2D eigenvalue weighted by molar-refractivity contribution is 5.91. The Morgan fingerprint density at radius 3 is 2.75 bits per heavy atom. The minimum Gasteiger partial charge on any atom is -0.335 e. The molecule has 3 heterocycles. The molecule has 7 nitrogen and oxygen atoms in total. The topological polar surface area (TPSA) is 80.1 Å². The Balaban J connectivity index is 1.48. The van der Waals surface area contributed by atoms with E-state index in [9.17, 15) is 9.59 Å². The third kappa shape index (κ3) is 3.64. The first kappa shape index (κ1) is 17.9. The molecule has 0 bridgehead atoms. The molecule has 2 aromatic heterocycles. The van der Waals surface area contributed by atoms with E-state index < -0.39 is 0 Å². The minimum atomic E-state index is -0.251. The molecule has 1 N–H and O–H groups in total. The predicted molar refractivity (Wildman–Crippen MR) is 105 cm³/mol. The van der Waals surface area contributed by atoms with Gasteiger partial charge in [0.2, 0.25) is 11.8 Å². The molecule has 3 aromatic rings. The summed E-state index contributed by atoms with van der Waals surface area (Å²) in [6, 6.07) is 13.2. The highest BCUT2D eigenvalue weighted by atomic mass is 16.2. The molecule has 7 heteroatoms. The van der Waals surface area contributed by atoms with Crippen molar-refractivity contribution < 1.29 is 9.59 Å². The van der Waals surface area contributed by atoms with Crippen LogP contribution in [0.2, 0.25) is 0 Å². The predicted octanol–water partition coefficient (Wildman–Crippen LogP) is 2.74. The fourth-order valence-electron chi connectivity index (χ4n) is 3.64. The molecule has 0 saturated heterocycles. The van der Waals surface area contributed by atoms with Gasteiger partial charge < -0.3 is 10.2 Å². The zero-order chi connectivity index (χ0) is 19.5. The van der Waals surface area contributed by atoms with Crippen molar-refractivity contribution in [1.29, 1.82) is 0 Å². The first-order valence-electron chi connectivity index (χ1n) is 9.23. The normalized spacial score (nSPS) is 15.8. The number of rotatable bonds is 4. The number of hydrogen-bond acceptors (Lipinski definition) is 4. The Kier molecular flexibility index (Phi) is 4.89. The zero-order valence-electron chi connectivity index (χ0n) is 15.6. The minimum absolute atomic E-state index is 0.0162. The van der Waals surface area contributed by atoms with Crippen LogP contribution in [-0.4, -0.2) is 38.0 Å². The number of hydrogen-bond donors (Lipinski definition) is 1. The SMILES string of the molecule is CC(=O)N1CCc2ccccc2C1CC(=O)Nc1ccc(-n2cccn2)nc1. The van der Waals surface area contributed by atoms with Gasteiger partial charge >= 0.3 is 0 Å². The van der Waals surface area contributed by atoms with Crippen molar-refractivity contribution >= 4 is 17.5 Å². The van der Waals surface area contributed by atoms with Crippen LogP contribution in [0.3, 0.4) is 0 Å². The van der Waals surface area contributed by atoms with Crippen molar-refractivity contribution in [2.75, 3.05) is 11.9 Å². The van der Waals surface area contributed by atoms with Gasteiger partial charge in [-0.15, -0.1) is 0 Å². The van der Waals surface area contributed by atoms with Gasteiger partial charge in [0, 0.05) is 25.9 Å². The molecule has 0 saturated carbocycles. The van der Waals surface area contributed by atoms with Gasteiger partial charge in [-0.2, -0.15) is 5.10 Å². The maximum atomic E-state index is 12.7. The van der Waals surface area contributed by atoms with E-state index in [2.05, 4.69) is 21.5 Å². The molecule has 142 valence electrons. The highest BCUT2D eigenvalue weighted by Crippen LogP contribution is 2.32. The number of carbonyl (C=O) groups excluding carboxylic acids is 2. The zero-order valence-corrected chi connectivity index (χ0v) is 15.6. The van der Waals surface area contributed by atoms with E-state index in [1.54, 1.807) is 47.2 Å². The molecule has 0 spiro atoms. The largest absolute Gasteiger partial charge is 0.335 e. The Morgan fingerprint density at radius 1 is 1.18 bits per heavy atom. The molecule has 0 radical (unpaired) electrons. The van der Waals surface area contributed by atoms with Crippen LogP contribution in [0.1, 0.15) is 30.5 Å². The fourth-order valence-corrected chi connectivity index (χ4v) is 3.64. The number of carbonyl (C=O) groups is 2. The van der Waals surface area contributed by atoms with Crippen molar-refractivity contribution in [3.8, 4) is 5.82 Å². The summed E-state index contributed by atoms with van der Waals surface area (Å²) in [5.41, 5.74) is 2.86. The number of anilines is 1. The van der Waals surface area contributed by atoms with Crippen LogP contribution in [0, 0.1) is 0 Å². The molecule has 1 aliphatic rings. The van der Waals surface area contributed by atoms with E-state index in [0.717, 1.165) is 12.0 Å². The van der Waals surface area contributed by atoms with Crippen LogP contribution < -0.4 is 5.32 Å². The lowest BCUT2D eigenvalue weighted by Gasteiger charge is -2.36. The molecule has 28 heavy (non-hydrogen) atoms. The van der Waals surface area contributed by atoms with Crippen LogP contribution >= 0.6 is 0 Å². The molecule has 1 unspecified atom stereocenters. The molecule has 4 rings (SSSR count). The smallest absolute Gasteiger partial charge is 0.226 e. The van der Waals surface area contributed by atoms with Gasteiger partial charge in [-0.25, -0.2) is 9.67 Å². The van der Waals surface area contributed by atoms with Gasteiger partial charge in [0.25, 0.3) is 0 Å². The second kappa shape index (κ2) is 7.64. The Morgan fingerprint density at radius 2 is 2.04 bits per heavy atom. The summed E-state index contributed by atoms with van der Waals surface area (Å²) in [5, 5.41) is 7.01. The number of pyridine rings is 1. The lowest BCUT2D eigenvalue weighted by atomic mass is 9.90. The summed E-state index contributed by atoms with van der Waals surface area (Å²) in [7, 11) is 0. The van der Waals surface area contributed by atoms with E-state index in [-0.39, 0.29) is 24.3 Å². The number of benzene rings is 1. The van der Waals surface area contributed by atoms with Crippen molar-refractivity contribution in [2.24, 2.45) is 0 Å². The standard InChI is InChI=1S/C21H21N5O2/c1-15(27)25-12-9-16-5-2-3-6-18(16)19(25)13-21(28)24-17-7-8-20(22-14-17)26-11-4-10-23-26/h2-8,10-11,14,19H,9,12-13H2,1H3,(H,24,28). The third-order valence-corrected chi connectivity index (χ3v) is 4.97. The quantitative estimate of drug-likeness (QED) is 0.760. The molecule has 1 atom stereocenters. The van der Waals surface area contributed by atoms with Crippen molar-refractivity contribution in [1.82, 2.24) is 19.7 Å². The van der Waals surface area contributed by atoms with E-state index in [0.29, 0.717) is 18.1 Å². The first-order chi connectivity index (χ1) is 13.6. The van der Waals surface area contributed by atoms with Gasteiger partial charge in [0.15, 0.2) is 5.82 Å². The van der Waals surface area contributed by atoms with Gasteiger partial charge in [0.1, 0.15) is 0 Å². The van der Waals surface area contributed by atoms with E-state index in [1.165, 1.54) is 5.56 Å². The molecule has 0 fully saturated rings. The number of aromatic nitrogens is 3. The Bertz CT molecular complexity index is 982. The number of amides is 2. The van der Waals surface area contributed by atoms with Crippen LogP contribution in [-0.2, 0) is 16.0 Å². The van der Waals surface area contributed by atoms with E-state index in [1.807, 2.05) is 24.3 Å². The third-order valence-electron chi connectivity index (χ3n) is 4.97. The Labute approximate surface area is 163 Å². The lowest BCUT2D eigenvalue weighted by molar-refractivity contribution is -0.132. The number of fused-ring (bicyclic) bond motifs is 1. The monoisotopic (exact) mass is 375 g/mol. The molecular weight excluding hydrogens is 354 g/mol. The van der Waals surface area contributed by atoms with Gasteiger partial charge in [-0.3, -0.25) is 9.59 Å². The maximum absolute atomic E-state index is 12.7. The van der Waals surface area contributed by atoms with Crippen molar-refractivity contribution in [3.05, 3.63) is 72.2 Å². The first-order valence-corrected chi connectivity index (χ1v) is 9.23. The van der Waals surface area contributed by atoms with Gasteiger partial charge in [-0.1, -0.05) is 24.3 Å². The molecule has 1 aromatic carbocycles. The number of nitrogens with one attached hydrogen (secondary N) is 1. The lowest BCUT2D eigenvalue weighted by Crippen LogP contribution is -2.40. The molecule has 0 aliphatic carbocycles. The van der Waals surface area contributed by atoms with E-state index >= 15 is 0 Å². The van der Waals surface area contributed by atoms with Crippen LogP contribution in [0.4, 0.5) is 5.69 Å². The summed E-state index contributed by atoms with van der Waals surface area (Å²) in [5.74, 6) is 0.506. The van der Waals surface area contributed by atoms with Gasteiger partial charge in [-0.05, 0) is 35.7 Å². The summed E-state index contributed by atoms with van der Waals surface area (Å²) in [4.78, 5) is 30.9. The fraction of sp³-hybridized carbons (Fsp3) is 0.238. The second-order valence-electron chi connectivity index (χ2n) is 6.79. The molecule has 2 amide bonds. The second-order valence-corrected chi connectivity index (χ2v) is 6.79. The van der Waals surface area contributed by atoms with Crippen molar-refractivity contribution in [2.45, 2.75) is 25.8 Å². The maximum Gasteiger partial charge on any atom is 0.226 e. The van der Waals surface area contributed by atoms with Crippen molar-refractivity contribution in [3.63, 3.8) is 0 Å². The summed E-state index contributed by atoms with van der Waals surface area (Å²) in [6.45, 7) is 2.18. The average Bonchev–Trinajstić information content (AvgIpc) is 3.23. The van der Waals surface area contributed by atoms with E-state index in [4.69, 9.17) is 0 Å². The summed E-state index contributed by atoms with van der Waals surface area (Å²) >= 11 is 0. The highest BCUT2D eigenvalue weighted by Gasteiger charge is 2.30. The summed E-state index contributed by atoms with van der Waals surface area (Å²) < 4.78 is 1.65. The van der Waals surface area contributed by atoms with Crippen LogP contribution in [0.15, 0.2) is 61.1 Å². The summed E-state index contributed by atoms with van der Waals surface area (Å²) in [6.07, 6.45) is 6.11. The van der Waals surface area contributed by atoms with Crippen LogP contribution in [0.5, 0.6) is 0 Å².